The molecule has 0 bridgehead atoms. The van der Waals surface area contributed by atoms with Gasteiger partial charge >= 0.3 is 6.09 Å². The average molecular weight is 584 g/mol. The number of benzene rings is 2. The van der Waals surface area contributed by atoms with Gasteiger partial charge in [0, 0.05) is 69.9 Å². The lowest BCUT2D eigenvalue weighted by Crippen LogP contribution is -2.51. The average Bonchev–Trinajstić information content (AvgIpc) is 3.08. The number of aliphatic imine (C=N–C) groups is 1. The fourth-order valence-electron chi connectivity index (χ4n) is 4.91. The van der Waals surface area contributed by atoms with Gasteiger partial charge in [0.15, 0.2) is 0 Å². The Bertz CT molecular complexity index is 1470. The fourth-order valence-corrected chi connectivity index (χ4v) is 6.55. The Hall–Kier alpha value is -3.74. The molecular weight excluding hydrogens is 546 g/mol. The molecule has 220 valence electrons. The van der Waals surface area contributed by atoms with Crippen LogP contribution >= 0.6 is 0 Å². The molecule has 0 atom stereocenters. The summed E-state index contributed by atoms with van der Waals surface area (Å²) in [5.41, 5.74) is 9.50. The zero-order valence-corrected chi connectivity index (χ0v) is 24.2. The Labute approximate surface area is 240 Å². The van der Waals surface area contributed by atoms with Crippen LogP contribution in [0.15, 0.2) is 57.9 Å². The Morgan fingerprint density at radius 3 is 2.51 bits per heavy atom. The molecule has 4 N–H and O–H groups in total. The minimum absolute atomic E-state index is 0.0293. The summed E-state index contributed by atoms with van der Waals surface area (Å²) in [5.74, 6) is 0.0979. The molecule has 2 amide bonds. The number of fused-ring (bicyclic) bond motifs is 1. The summed E-state index contributed by atoms with van der Waals surface area (Å²) in [7, 11) is -2.16. The minimum atomic E-state index is -3.66. The van der Waals surface area contributed by atoms with Crippen molar-refractivity contribution < 1.29 is 28.2 Å². The van der Waals surface area contributed by atoms with Crippen molar-refractivity contribution in [1.29, 1.82) is 0 Å². The normalized spacial score (nSPS) is 15.7. The highest BCUT2D eigenvalue weighted by atomic mass is 32.2. The topological polar surface area (TPSA) is 157 Å². The molecule has 1 saturated heterocycles. The van der Waals surface area contributed by atoms with Crippen LogP contribution in [-0.2, 0) is 14.8 Å². The van der Waals surface area contributed by atoms with E-state index in [2.05, 4.69) is 4.99 Å². The van der Waals surface area contributed by atoms with Crippen LogP contribution in [0.5, 0.6) is 0 Å². The Morgan fingerprint density at radius 1 is 1.10 bits per heavy atom. The van der Waals surface area contributed by atoms with Crippen LogP contribution in [0.3, 0.4) is 0 Å². The van der Waals surface area contributed by atoms with E-state index in [0.29, 0.717) is 56.0 Å². The molecule has 2 aliphatic rings. The summed E-state index contributed by atoms with van der Waals surface area (Å²) in [6.07, 6.45) is 2.23. The molecule has 2 aliphatic heterocycles. The van der Waals surface area contributed by atoms with Gasteiger partial charge in [-0.15, -0.1) is 0 Å². The van der Waals surface area contributed by atoms with Crippen molar-refractivity contribution in [2.24, 2.45) is 16.6 Å². The van der Waals surface area contributed by atoms with E-state index in [1.165, 1.54) is 16.3 Å². The van der Waals surface area contributed by atoms with Crippen molar-refractivity contribution in [1.82, 2.24) is 14.1 Å². The zero-order valence-electron chi connectivity index (χ0n) is 23.4. The van der Waals surface area contributed by atoms with Crippen LogP contribution in [0.4, 0.5) is 10.5 Å². The van der Waals surface area contributed by atoms with Gasteiger partial charge in [-0.3, -0.25) is 4.79 Å². The summed E-state index contributed by atoms with van der Waals surface area (Å²) in [4.78, 5) is 32.2. The molecule has 4 rings (SSSR count). The number of rotatable bonds is 11. The molecule has 0 radical (unpaired) electrons. The number of carbonyl (C=O) groups excluding carboxylic acids is 1. The van der Waals surface area contributed by atoms with Gasteiger partial charge in [0.1, 0.15) is 5.84 Å². The van der Waals surface area contributed by atoms with Crippen LogP contribution in [0.2, 0.25) is 0 Å². The molecule has 12 heteroatoms. The van der Waals surface area contributed by atoms with Gasteiger partial charge in [-0.2, -0.15) is 4.31 Å². The van der Waals surface area contributed by atoms with E-state index >= 15 is 0 Å². The number of amidine groups is 1. The summed E-state index contributed by atoms with van der Waals surface area (Å²) in [5, 5.41) is 18.3. The number of carboxylic acid groups (broad SMARTS) is 1. The number of aliphatic hydroxyl groups excluding tert-OH is 1. The number of hydrogen-bond acceptors (Lipinski definition) is 7. The molecule has 0 aliphatic carbocycles. The summed E-state index contributed by atoms with van der Waals surface area (Å²) in [6, 6.07) is 12.2. The van der Waals surface area contributed by atoms with Crippen LogP contribution in [-0.4, -0.2) is 97.0 Å². The number of hydrogen-bond donors (Lipinski definition) is 3. The van der Waals surface area contributed by atoms with Crippen molar-refractivity contribution in [2.45, 2.75) is 31.1 Å². The molecule has 0 saturated carbocycles. The molecule has 2 heterocycles. The number of sulfonamides is 1. The van der Waals surface area contributed by atoms with E-state index in [-0.39, 0.29) is 35.6 Å². The molecule has 0 unspecified atom stereocenters. The molecule has 2 aromatic carbocycles. The lowest BCUT2D eigenvalue weighted by molar-refractivity contribution is -0.127. The first-order chi connectivity index (χ1) is 19.5. The summed E-state index contributed by atoms with van der Waals surface area (Å²) >= 11 is 0. The maximum absolute atomic E-state index is 13.5. The molecule has 41 heavy (non-hydrogen) atoms. The molecule has 11 nitrogen and oxygen atoms in total. The third-order valence-corrected chi connectivity index (χ3v) is 9.11. The summed E-state index contributed by atoms with van der Waals surface area (Å²) < 4.78 is 27.5. The van der Waals surface area contributed by atoms with Crippen molar-refractivity contribution in [2.75, 3.05) is 46.4 Å². The molecule has 1 fully saturated rings. The largest absolute Gasteiger partial charge is 0.465 e. The van der Waals surface area contributed by atoms with Gasteiger partial charge in [-0.05, 0) is 48.2 Å². The van der Waals surface area contributed by atoms with Crippen molar-refractivity contribution >= 4 is 39.6 Å². The lowest BCUT2D eigenvalue weighted by atomic mass is 10.0. The standard InChI is InChI=1S/C29H37N5O6S/c1-3-10-33(12-5-11-32(2)29(37)38)28(36)24-13-23-9-8-22(15-26(23)31-27(30)16-24)21-6-4-7-25(14-21)41(39,40)34-17-20(18-34)19-35/h4,6-9,13-15,20,35H,3,5,10-12,16-19H2,1-2H3,(H2,30,31)(H,37,38). The Morgan fingerprint density at radius 2 is 1.83 bits per heavy atom. The fraction of sp³-hybridized carbons (Fsp3) is 0.414. The second kappa shape index (κ2) is 12.8. The Balaban J connectivity index is 1.56. The highest BCUT2D eigenvalue weighted by Gasteiger charge is 2.36. The molecular formula is C29H37N5O6S. The third-order valence-electron chi connectivity index (χ3n) is 7.29. The SMILES string of the molecule is CCCN(CCCN(C)C(=O)O)C(=O)C1=Cc2ccc(-c3cccc(S(=O)(=O)N4CC(CO)C4)c3)cc2N=C(N)C1. The maximum Gasteiger partial charge on any atom is 0.407 e. The van der Waals surface area contributed by atoms with E-state index < -0.39 is 16.1 Å². The predicted octanol–water partition coefficient (Wildman–Crippen LogP) is 2.98. The van der Waals surface area contributed by atoms with Crippen LogP contribution in [0, 0.1) is 5.92 Å². The second-order valence-corrected chi connectivity index (χ2v) is 12.4. The second-order valence-electron chi connectivity index (χ2n) is 10.5. The summed E-state index contributed by atoms with van der Waals surface area (Å²) in [6.45, 7) is 3.83. The van der Waals surface area contributed by atoms with E-state index in [1.54, 1.807) is 29.2 Å². The van der Waals surface area contributed by atoms with Gasteiger partial charge in [0.2, 0.25) is 15.9 Å². The molecule has 0 spiro atoms. The van der Waals surface area contributed by atoms with E-state index in [0.717, 1.165) is 17.5 Å². The smallest absolute Gasteiger partial charge is 0.407 e. The lowest BCUT2D eigenvalue weighted by Gasteiger charge is -2.36. The highest BCUT2D eigenvalue weighted by Crippen LogP contribution is 2.34. The van der Waals surface area contributed by atoms with Gasteiger partial charge in [0.05, 0.1) is 10.6 Å². The van der Waals surface area contributed by atoms with Gasteiger partial charge in [-0.1, -0.05) is 31.2 Å². The minimum Gasteiger partial charge on any atom is -0.465 e. The van der Waals surface area contributed by atoms with E-state index in [4.69, 9.17) is 10.8 Å². The van der Waals surface area contributed by atoms with Crippen LogP contribution in [0.1, 0.15) is 31.7 Å². The van der Waals surface area contributed by atoms with E-state index in [1.807, 2.05) is 31.2 Å². The number of aliphatic hydroxyl groups is 1. The number of carbonyl (C=O) groups is 2. The van der Waals surface area contributed by atoms with Gasteiger partial charge in [0.25, 0.3) is 0 Å². The quantitative estimate of drug-likeness (QED) is 0.367. The van der Waals surface area contributed by atoms with Gasteiger partial charge in [-0.25, -0.2) is 18.2 Å². The third kappa shape index (κ3) is 6.95. The number of nitrogens with two attached hydrogens (primary N) is 1. The molecule has 0 aromatic heterocycles. The monoisotopic (exact) mass is 583 g/mol. The van der Waals surface area contributed by atoms with Crippen molar-refractivity contribution in [3.05, 3.63) is 53.6 Å². The van der Waals surface area contributed by atoms with Crippen molar-refractivity contribution in [3.8, 4) is 11.1 Å². The first-order valence-electron chi connectivity index (χ1n) is 13.7. The van der Waals surface area contributed by atoms with E-state index in [9.17, 15) is 23.1 Å². The van der Waals surface area contributed by atoms with Crippen molar-refractivity contribution in [3.63, 3.8) is 0 Å². The predicted molar refractivity (Wildman–Crippen MR) is 157 cm³/mol. The maximum atomic E-state index is 13.5. The van der Waals surface area contributed by atoms with Crippen LogP contribution < -0.4 is 5.73 Å². The van der Waals surface area contributed by atoms with Gasteiger partial charge < -0.3 is 25.7 Å². The Kier molecular flexibility index (Phi) is 9.46. The number of nitrogens with zero attached hydrogens (tertiary/aromatic N) is 4. The highest BCUT2D eigenvalue weighted by molar-refractivity contribution is 7.89. The number of amides is 2. The zero-order chi connectivity index (χ0) is 29.7. The first-order valence-corrected chi connectivity index (χ1v) is 15.1. The molecule has 2 aromatic rings. The van der Waals surface area contributed by atoms with Crippen LogP contribution in [0.25, 0.3) is 17.2 Å². The first kappa shape index (κ1) is 30.2.